The van der Waals surface area contributed by atoms with Crippen LogP contribution < -0.4 is 5.32 Å². The highest BCUT2D eigenvalue weighted by Crippen LogP contribution is 2.13. The van der Waals surface area contributed by atoms with E-state index in [4.69, 9.17) is 4.42 Å². The number of nitrogens with zero attached hydrogens (tertiary/aromatic N) is 4. The minimum absolute atomic E-state index is 0.0555. The van der Waals surface area contributed by atoms with E-state index >= 15 is 0 Å². The molecule has 1 N–H and O–H groups in total. The molecule has 0 spiro atoms. The molecule has 0 saturated heterocycles. The topological polar surface area (TPSA) is 68.2 Å². The van der Waals surface area contributed by atoms with Crippen LogP contribution in [-0.2, 0) is 6.54 Å². The standard InChI is InChI=1S/C14H17N5O/c1-9-11(3)20-13(16-9)8-15-10(2)14-18-17-12-6-4-5-7-19(12)14/h4-7,10,15H,8H2,1-3H3/t10-/m1/s1. The summed E-state index contributed by atoms with van der Waals surface area (Å²) in [6.07, 6.45) is 1.96. The molecule has 3 rings (SSSR count). The van der Waals surface area contributed by atoms with E-state index in [2.05, 4.69) is 20.5 Å². The molecule has 104 valence electrons. The van der Waals surface area contributed by atoms with E-state index < -0.39 is 0 Å². The highest BCUT2D eigenvalue weighted by molar-refractivity contribution is 5.37. The fraction of sp³-hybridized carbons (Fsp3) is 0.357. The Balaban J connectivity index is 1.74. The lowest BCUT2D eigenvalue weighted by atomic mass is 10.3. The van der Waals surface area contributed by atoms with Gasteiger partial charge in [0.15, 0.2) is 11.5 Å². The van der Waals surface area contributed by atoms with Crippen molar-refractivity contribution < 1.29 is 4.42 Å². The van der Waals surface area contributed by atoms with Crippen molar-refractivity contribution in [2.24, 2.45) is 0 Å². The van der Waals surface area contributed by atoms with Crippen LogP contribution in [-0.4, -0.2) is 19.6 Å². The Morgan fingerprint density at radius 3 is 2.90 bits per heavy atom. The Bertz CT molecular complexity index is 711. The molecule has 0 aliphatic heterocycles. The first-order valence-electron chi connectivity index (χ1n) is 6.61. The van der Waals surface area contributed by atoms with Crippen molar-refractivity contribution in [2.75, 3.05) is 0 Å². The minimum atomic E-state index is 0.0555. The molecule has 0 aliphatic carbocycles. The average molecular weight is 271 g/mol. The predicted octanol–water partition coefficient (Wildman–Crippen LogP) is 2.18. The van der Waals surface area contributed by atoms with E-state index in [0.717, 1.165) is 22.9 Å². The molecule has 0 aromatic carbocycles. The maximum atomic E-state index is 5.55. The maximum absolute atomic E-state index is 5.55. The lowest BCUT2D eigenvalue weighted by Gasteiger charge is -2.10. The molecule has 0 amide bonds. The number of aryl methyl sites for hydroxylation is 2. The van der Waals surface area contributed by atoms with E-state index in [9.17, 15) is 0 Å². The van der Waals surface area contributed by atoms with Gasteiger partial charge in [0.1, 0.15) is 5.76 Å². The van der Waals surface area contributed by atoms with Gasteiger partial charge in [-0.05, 0) is 32.9 Å². The summed E-state index contributed by atoms with van der Waals surface area (Å²) in [4.78, 5) is 4.35. The van der Waals surface area contributed by atoms with Crippen molar-refractivity contribution in [3.63, 3.8) is 0 Å². The molecule has 0 unspecified atom stereocenters. The summed E-state index contributed by atoms with van der Waals surface area (Å²) in [7, 11) is 0. The molecule has 3 heterocycles. The molecule has 3 aromatic heterocycles. The molecule has 0 radical (unpaired) electrons. The fourth-order valence-corrected chi connectivity index (χ4v) is 2.10. The lowest BCUT2D eigenvalue weighted by Crippen LogP contribution is -2.20. The third kappa shape index (κ3) is 2.30. The lowest BCUT2D eigenvalue weighted by molar-refractivity contribution is 0.426. The van der Waals surface area contributed by atoms with Crippen LogP contribution in [0.25, 0.3) is 5.65 Å². The molecule has 6 heteroatoms. The van der Waals surface area contributed by atoms with Crippen molar-refractivity contribution in [1.82, 2.24) is 24.9 Å². The monoisotopic (exact) mass is 271 g/mol. The van der Waals surface area contributed by atoms with Crippen LogP contribution in [0, 0.1) is 13.8 Å². The quantitative estimate of drug-likeness (QED) is 0.787. The third-order valence-electron chi connectivity index (χ3n) is 3.36. The Morgan fingerprint density at radius 2 is 2.15 bits per heavy atom. The number of fused-ring (bicyclic) bond motifs is 1. The molecule has 0 saturated carbocycles. The second-order valence-corrected chi connectivity index (χ2v) is 4.84. The number of pyridine rings is 1. The fourth-order valence-electron chi connectivity index (χ4n) is 2.10. The van der Waals surface area contributed by atoms with E-state index in [1.54, 1.807) is 0 Å². The van der Waals surface area contributed by atoms with E-state index in [1.165, 1.54) is 0 Å². The summed E-state index contributed by atoms with van der Waals surface area (Å²) in [5.74, 6) is 2.43. The van der Waals surface area contributed by atoms with E-state index in [1.807, 2.05) is 49.6 Å². The van der Waals surface area contributed by atoms with Gasteiger partial charge in [0.2, 0.25) is 5.89 Å². The van der Waals surface area contributed by atoms with Crippen LogP contribution in [0.3, 0.4) is 0 Å². The van der Waals surface area contributed by atoms with Crippen LogP contribution >= 0.6 is 0 Å². The van der Waals surface area contributed by atoms with Gasteiger partial charge in [-0.3, -0.25) is 9.72 Å². The van der Waals surface area contributed by atoms with Crippen molar-refractivity contribution >= 4 is 5.65 Å². The molecule has 1 atom stereocenters. The second-order valence-electron chi connectivity index (χ2n) is 4.84. The van der Waals surface area contributed by atoms with Crippen LogP contribution in [0.5, 0.6) is 0 Å². The van der Waals surface area contributed by atoms with Crippen LogP contribution in [0.2, 0.25) is 0 Å². The maximum Gasteiger partial charge on any atom is 0.208 e. The van der Waals surface area contributed by atoms with Gasteiger partial charge in [-0.1, -0.05) is 6.07 Å². The normalized spacial score (nSPS) is 12.9. The Morgan fingerprint density at radius 1 is 1.30 bits per heavy atom. The zero-order chi connectivity index (χ0) is 14.1. The summed E-state index contributed by atoms with van der Waals surface area (Å²) in [6, 6.07) is 5.90. The molecular weight excluding hydrogens is 254 g/mol. The number of nitrogens with one attached hydrogen (secondary N) is 1. The van der Waals surface area contributed by atoms with Gasteiger partial charge in [-0.25, -0.2) is 4.98 Å². The van der Waals surface area contributed by atoms with Gasteiger partial charge in [-0.2, -0.15) is 0 Å². The molecule has 0 bridgehead atoms. The molecule has 6 nitrogen and oxygen atoms in total. The second kappa shape index (κ2) is 5.05. The molecule has 20 heavy (non-hydrogen) atoms. The first-order chi connectivity index (χ1) is 9.65. The number of hydrogen-bond acceptors (Lipinski definition) is 5. The average Bonchev–Trinajstić information content (AvgIpc) is 3.00. The summed E-state index contributed by atoms with van der Waals surface area (Å²) >= 11 is 0. The highest BCUT2D eigenvalue weighted by Gasteiger charge is 2.14. The molecule has 0 fully saturated rings. The summed E-state index contributed by atoms with van der Waals surface area (Å²) < 4.78 is 7.53. The van der Waals surface area contributed by atoms with E-state index in [0.29, 0.717) is 12.4 Å². The van der Waals surface area contributed by atoms with Gasteiger partial charge >= 0.3 is 0 Å². The Labute approximate surface area is 116 Å². The first-order valence-corrected chi connectivity index (χ1v) is 6.61. The zero-order valence-corrected chi connectivity index (χ0v) is 11.8. The number of oxazole rings is 1. The van der Waals surface area contributed by atoms with Crippen LogP contribution in [0.1, 0.15) is 36.1 Å². The van der Waals surface area contributed by atoms with Crippen molar-refractivity contribution in [2.45, 2.75) is 33.4 Å². The summed E-state index contributed by atoms with van der Waals surface area (Å²) in [5.41, 5.74) is 1.78. The molecule has 0 aliphatic rings. The SMILES string of the molecule is Cc1nc(CN[C@H](C)c2nnc3ccccn23)oc1C. The summed E-state index contributed by atoms with van der Waals surface area (Å²) in [6.45, 7) is 6.47. The number of rotatable bonds is 4. The van der Waals surface area contributed by atoms with Gasteiger partial charge in [0.05, 0.1) is 18.3 Å². The zero-order valence-electron chi connectivity index (χ0n) is 11.8. The van der Waals surface area contributed by atoms with Gasteiger partial charge in [0.25, 0.3) is 0 Å². The van der Waals surface area contributed by atoms with E-state index in [-0.39, 0.29) is 6.04 Å². The molecular formula is C14H17N5O. The molecule has 3 aromatic rings. The van der Waals surface area contributed by atoms with Crippen molar-refractivity contribution in [1.29, 1.82) is 0 Å². The van der Waals surface area contributed by atoms with Gasteiger partial charge < -0.3 is 4.42 Å². The minimum Gasteiger partial charge on any atom is -0.444 e. The van der Waals surface area contributed by atoms with Crippen LogP contribution in [0.15, 0.2) is 28.8 Å². The highest BCUT2D eigenvalue weighted by atomic mass is 16.4. The Kier molecular flexibility index (Phi) is 3.23. The van der Waals surface area contributed by atoms with Crippen molar-refractivity contribution in [3.8, 4) is 0 Å². The van der Waals surface area contributed by atoms with Gasteiger partial charge in [-0.15, -0.1) is 10.2 Å². The van der Waals surface area contributed by atoms with Crippen molar-refractivity contribution in [3.05, 3.63) is 47.6 Å². The smallest absolute Gasteiger partial charge is 0.208 e. The summed E-state index contributed by atoms with van der Waals surface area (Å²) in [5, 5.41) is 11.7. The largest absolute Gasteiger partial charge is 0.444 e. The number of hydrogen-bond donors (Lipinski definition) is 1. The van der Waals surface area contributed by atoms with Gasteiger partial charge in [0, 0.05) is 6.20 Å². The number of aromatic nitrogens is 4. The third-order valence-corrected chi connectivity index (χ3v) is 3.36. The first kappa shape index (κ1) is 12.8. The Hall–Kier alpha value is -2.21. The predicted molar refractivity (Wildman–Crippen MR) is 74.2 cm³/mol. The van der Waals surface area contributed by atoms with Crippen LogP contribution in [0.4, 0.5) is 0 Å².